The van der Waals surface area contributed by atoms with Crippen molar-refractivity contribution >= 4 is 24.4 Å². The molecule has 1 aliphatic heterocycles. The maximum absolute atomic E-state index is 5.29. The van der Waals surface area contributed by atoms with Gasteiger partial charge < -0.3 is 4.74 Å². The highest BCUT2D eigenvalue weighted by atomic mass is 32.2. The Kier molecular flexibility index (Phi) is 4.94. The largest absolute Gasteiger partial charge is 0.379 e. The number of rotatable bonds is 4. The normalized spacial score (nSPS) is 20.5. The molecule has 78 valence electrons. The first-order valence-electron chi connectivity index (χ1n) is 4.69. The van der Waals surface area contributed by atoms with Gasteiger partial charge in [-0.3, -0.25) is 4.90 Å². The Hall–Kier alpha value is 0.620. The van der Waals surface area contributed by atoms with Crippen LogP contribution in [0.5, 0.6) is 0 Å². The van der Waals surface area contributed by atoms with Crippen LogP contribution in [0.4, 0.5) is 0 Å². The Morgan fingerprint density at radius 3 is 2.54 bits per heavy atom. The summed E-state index contributed by atoms with van der Waals surface area (Å²) in [5.41, 5.74) is 0. The lowest BCUT2D eigenvalue weighted by molar-refractivity contribution is 0.0473. The van der Waals surface area contributed by atoms with Crippen LogP contribution in [0.2, 0.25) is 0 Å². The van der Waals surface area contributed by atoms with E-state index in [-0.39, 0.29) is 0 Å². The number of ether oxygens (including phenoxy) is 1. The van der Waals surface area contributed by atoms with Gasteiger partial charge in [-0.2, -0.15) is 12.6 Å². The van der Waals surface area contributed by atoms with Gasteiger partial charge in [0.25, 0.3) is 0 Å². The summed E-state index contributed by atoms with van der Waals surface area (Å²) in [6, 6.07) is 0. The van der Waals surface area contributed by atoms with Crippen LogP contribution in [0.15, 0.2) is 0 Å². The van der Waals surface area contributed by atoms with Crippen LogP contribution in [0.3, 0.4) is 0 Å². The minimum absolute atomic E-state index is 0.293. The molecule has 1 fully saturated rings. The van der Waals surface area contributed by atoms with Gasteiger partial charge in [-0.05, 0) is 13.8 Å². The number of nitrogens with zero attached hydrogens (tertiary/aromatic N) is 1. The molecule has 0 aromatic heterocycles. The van der Waals surface area contributed by atoms with Gasteiger partial charge in [0.05, 0.1) is 13.2 Å². The molecule has 2 nitrogen and oxygen atoms in total. The van der Waals surface area contributed by atoms with Crippen molar-refractivity contribution in [1.82, 2.24) is 4.90 Å². The van der Waals surface area contributed by atoms with Gasteiger partial charge in [0.15, 0.2) is 0 Å². The highest BCUT2D eigenvalue weighted by Crippen LogP contribution is 2.26. The average Bonchev–Trinajstić information content (AvgIpc) is 2.17. The molecule has 0 spiro atoms. The minimum Gasteiger partial charge on any atom is -0.379 e. The molecule has 1 rings (SSSR count). The maximum Gasteiger partial charge on any atom is 0.0594 e. The molecule has 1 saturated heterocycles. The van der Waals surface area contributed by atoms with Crippen LogP contribution in [0.1, 0.15) is 13.8 Å². The van der Waals surface area contributed by atoms with Crippen molar-refractivity contribution in [1.29, 1.82) is 0 Å². The van der Waals surface area contributed by atoms with E-state index in [2.05, 4.69) is 31.4 Å². The topological polar surface area (TPSA) is 12.5 Å². The fraction of sp³-hybridized carbons (Fsp3) is 1.00. The first kappa shape index (κ1) is 11.7. The smallest absolute Gasteiger partial charge is 0.0594 e. The summed E-state index contributed by atoms with van der Waals surface area (Å²) in [5.74, 6) is 2.04. The Morgan fingerprint density at radius 2 is 2.00 bits per heavy atom. The van der Waals surface area contributed by atoms with Gasteiger partial charge in [0.2, 0.25) is 0 Å². The van der Waals surface area contributed by atoms with Crippen LogP contribution in [0, 0.1) is 0 Å². The van der Waals surface area contributed by atoms with Crippen LogP contribution in [0.25, 0.3) is 0 Å². The zero-order chi connectivity index (χ0) is 9.73. The zero-order valence-electron chi connectivity index (χ0n) is 8.45. The number of thioether (sulfide) groups is 1. The lowest BCUT2D eigenvalue weighted by Gasteiger charge is -2.30. The summed E-state index contributed by atoms with van der Waals surface area (Å²) in [6.07, 6.45) is 0. The van der Waals surface area contributed by atoms with Crippen LogP contribution in [-0.2, 0) is 4.74 Å². The average molecular weight is 221 g/mol. The SMILES string of the molecule is CC(C)(CS)SCN1CCOCC1. The van der Waals surface area contributed by atoms with E-state index >= 15 is 0 Å². The van der Waals surface area contributed by atoms with Gasteiger partial charge in [0, 0.05) is 29.5 Å². The number of morpholine rings is 1. The van der Waals surface area contributed by atoms with Gasteiger partial charge in [-0.15, -0.1) is 11.8 Å². The molecular weight excluding hydrogens is 202 g/mol. The van der Waals surface area contributed by atoms with Gasteiger partial charge >= 0.3 is 0 Å². The van der Waals surface area contributed by atoms with E-state index in [4.69, 9.17) is 4.74 Å². The summed E-state index contributed by atoms with van der Waals surface area (Å²) in [4.78, 5) is 2.44. The van der Waals surface area contributed by atoms with E-state index < -0.39 is 0 Å². The predicted molar refractivity (Wildman–Crippen MR) is 62.8 cm³/mol. The van der Waals surface area contributed by atoms with Gasteiger partial charge in [-0.1, -0.05) is 0 Å². The summed E-state index contributed by atoms with van der Waals surface area (Å²) in [6.45, 7) is 8.42. The van der Waals surface area contributed by atoms with Crippen molar-refractivity contribution in [3.8, 4) is 0 Å². The molecule has 4 heteroatoms. The third-order valence-electron chi connectivity index (χ3n) is 2.12. The number of hydrogen-bond acceptors (Lipinski definition) is 4. The molecular formula is C9H19NOS2. The summed E-state index contributed by atoms with van der Waals surface area (Å²) >= 11 is 6.31. The van der Waals surface area contributed by atoms with E-state index in [0.29, 0.717) is 4.75 Å². The van der Waals surface area contributed by atoms with Crippen molar-refractivity contribution in [2.45, 2.75) is 18.6 Å². The number of hydrogen-bond donors (Lipinski definition) is 1. The van der Waals surface area contributed by atoms with Crippen LogP contribution in [-0.4, -0.2) is 47.6 Å². The fourth-order valence-corrected chi connectivity index (χ4v) is 2.20. The third-order valence-corrected chi connectivity index (χ3v) is 4.55. The quantitative estimate of drug-likeness (QED) is 0.726. The second kappa shape index (κ2) is 5.49. The Balaban J connectivity index is 2.17. The Labute approximate surface area is 90.8 Å². The molecule has 0 radical (unpaired) electrons. The first-order valence-corrected chi connectivity index (χ1v) is 6.31. The molecule has 0 unspecified atom stereocenters. The minimum atomic E-state index is 0.293. The molecule has 0 saturated carbocycles. The van der Waals surface area contributed by atoms with E-state index in [0.717, 1.165) is 37.9 Å². The van der Waals surface area contributed by atoms with E-state index in [9.17, 15) is 0 Å². The van der Waals surface area contributed by atoms with Gasteiger partial charge in [0.1, 0.15) is 0 Å². The maximum atomic E-state index is 5.29. The highest BCUT2D eigenvalue weighted by molar-refractivity contribution is 8.01. The molecule has 0 N–H and O–H groups in total. The lowest BCUT2D eigenvalue weighted by Crippen LogP contribution is -2.37. The van der Waals surface area contributed by atoms with Crippen molar-refractivity contribution in [3.05, 3.63) is 0 Å². The molecule has 0 amide bonds. The standard InChI is InChI=1S/C9H19NOS2/c1-9(2,7-12)13-8-10-3-5-11-6-4-10/h12H,3-8H2,1-2H3. The molecule has 0 aromatic rings. The Morgan fingerprint density at radius 1 is 1.38 bits per heavy atom. The Bertz CT molecular complexity index is 147. The molecule has 0 bridgehead atoms. The third kappa shape index (κ3) is 4.58. The van der Waals surface area contributed by atoms with E-state index in [1.54, 1.807) is 0 Å². The second-order valence-corrected chi connectivity index (χ2v) is 5.89. The van der Waals surface area contributed by atoms with Crippen molar-refractivity contribution in [2.75, 3.05) is 37.9 Å². The van der Waals surface area contributed by atoms with Crippen LogP contribution >= 0.6 is 24.4 Å². The van der Waals surface area contributed by atoms with E-state index in [1.165, 1.54) is 0 Å². The zero-order valence-corrected chi connectivity index (χ0v) is 10.2. The predicted octanol–water partition coefficient (Wildman–Crippen LogP) is 1.72. The van der Waals surface area contributed by atoms with E-state index in [1.807, 2.05) is 11.8 Å². The van der Waals surface area contributed by atoms with Crippen molar-refractivity contribution < 1.29 is 4.74 Å². The number of thiol groups is 1. The van der Waals surface area contributed by atoms with Crippen molar-refractivity contribution in [2.24, 2.45) is 0 Å². The molecule has 1 aliphatic rings. The first-order chi connectivity index (χ1) is 6.14. The molecule has 0 aliphatic carbocycles. The second-order valence-electron chi connectivity index (χ2n) is 3.92. The van der Waals surface area contributed by atoms with Crippen LogP contribution < -0.4 is 0 Å². The van der Waals surface area contributed by atoms with Gasteiger partial charge in [-0.25, -0.2) is 0 Å². The lowest BCUT2D eigenvalue weighted by atomic mass is 10.2. The monoisotopic (exact) mass is 221 g/mol. The molecule has 1 heterocycles. The molecule has 0 aromatic carbocycles. The summed E-state index contributed by atoms with van der Waals surface area (Å²) < 4.78 is 5.59. The highest BCUT2D eigenvalue weighted by Gasteiger charge is 2.18. The molecule has 0 atom stereocenters. The summed E-state index contributed by atoms with van der Waals surface area (Å²) in [7, 11) is 0. The summed E-state index contributed by atoms with van der Waals surface area (Å²) in [5, 5.41) is 0. The fourth-order valence-electron chi connectivity index (χ4n) is 1.04. The van der Waals surface area contributed by atoms with Crippen molar-refractivity contribution in [3.63, 3.8) is 0 Å². The molecule has 13 heavy (non-hydrogen) atoms.